The molecule has 9 heteroatoms. The number of benzene rings is 1. The number of ether oxygens (including phenoxy) is 1. The number of aromatic amines is 1. The van der Waals surface area contributed by atoms with Crippen LogP contribution in [0.25, 0.3) is 11.3 Å². The predicted molar refractivity (Wildman–Crippen MR) is 121 cm³/mol. The van der Waals surface area contributed by atoms with Crippen LogP contribution < -0.4 is 5.32 Å². The first-order valence-corrected chi connectivity index (χ1v) is 10.6. The maximum absolute atomic E-state index is 5.43. The lowest BCUT2D eigenvalue weighted by molar-refractivity contribution is 0.145. The Morgan fingerprint density at radius 3 is 2.77 bits per heavy atom. The van der Waals surface area contributed by atoms with Crippen LogP contribution in [0.1, 0.15) is 30.8 Å². The summed E-state index contributed by atoms with van der Waals surface area (Å²) in [6, 6.07) is 10.2. The minimum atomic E-state index is 0.447. The van der Waals surface area contributed by atoms with Crippen molar-refractivity contribution in [1.82, 2.24) is 34.9 Å². The fourth-order valence-electron chi connectivity index (χ4n) is 3.07. The van der Waals surface area contributed by atoms with E-state index in [9.17, 15) is 0 Å². The van der Waals surface area contributed by atoms with Crippen molar-refractivity contribution in [2.24, 2.45) is 12.0 Å². The van der Waals surface area contributed by atoms with E-state index in [1.807, 2.05) is 56.9 Å². The number of H-pyrrole nitrogens is 1. The van der Waals surface area contributed by atoms with Gasteiger partial charge in [-0.05, 0) is 25.8 Å². The van der Waals surface area contributed by atoms with Crippen molar-refractivity contribution in [3.05, 3.63) is 54.0 Å². The molecular weight excluding hydrogens is 392 g/mol. The lowest BCUT2D eigenvalue weighted by Gasteiger charge is -2.21. The summed E-state index contributed by atoms with van der Waals surface area (Å²) in [5, 5.41) is 11.8. The molecular formula is C22H32N8O. The molecule has 0 spiro atoms. The molecule has 0 saturated carbocycles. The lowest BCUT2D eigenvalue weighted by atomic mass is 10.2. The summed E-state index contributed by atoms with van der Waals surface area (Å²) in [5.74, 6) is 3.35. The molecule has 0 unspecified atom stereocenters. The van der Waals surface area contributed by atoms with Crippen LogP contribution in [0.3, 0.4) is 0 Å². The van der Waals surface area contributed by atoms with Gasteiger partial charge in [-0.2, -0.15) is 0 Å². The quantitative estimate of drug-likeness (QED) is 0.295. The van der Waals surface area contributed by atoms with Gasteiger partial charge >= 0.3 is 0 Å². The SMILES string of the molecule is CCOCCCNC(=NCc1nnc(C)n1C)N(C)Cc1ncc(-c2ccccc2)[nH]1. The molecule has 0 atom stereocenters. The third kappa shape index (κ3) is 6.39. The molecule has 2 heterocycles. The van der Waals surface area contributed by atoms with E-state index < -0.39 is 0 Å². The molecule has 0 bridgehead atoms. The first-order valence-electron chi connectivity index (χ1n) is 10.6. The number of aromatic nitrogens is 5. The highest BCUT2D eigenvalue weighted by molar-refractivity contribution is 5.79. The normalized spacial score (nSPS) is 11.7. The monoisotopic (exact) mass is 424 g/mol. The van der Waals surface area contributed by atoms with E-state index in [0.29, 0.717) is 13.1 Å². The van der Waals surface area contributed by atoms with Gasteiger partial charge in [0.05, 0.1) is 18.4 Å². The number of hydrogen-bond acceptors (Lipinski definition) is 5. The minimum Gasteiger partial charge on any atom is -0.382 e. The topological polar surface area (TPSA) is 96.2 Å². The standard InChI is InChI=1S/C22H32N8O/c1-5-31-13-9-12-23-22(25-15-21-28-27-17(2)30(21)4)29(3)16-20-24-14-19(26-20)18-10-7-6-8-11-18/h6-8,10-11,14H,5,9,12-13,15-16H2,1-4H3,(H,23,25)(H,24,26). The fourth-order valence-corrected chi connectivity index (χ4v) is 3.07. The molecule has 0 radical (unpaired) electrons. The summed E-state index contributed by atoms with van der Waals surface area (Å²) in [5.41, 5.74) is 2.12. The van der Waals surface area contributed by atoms with Crippen LogP contribution in [0.2, 0.25) is 0 Å². The van der Waals surface area contributed by atoms with E-state index in [0.717, 1.165) is 60.9 Å². The molecule has 0 aliphatic heterocycles. The Balaban J connectivity index is 1.67. The van der Waals surface area contributed by atoms with E-state index >= 15 is 0 Å². The highest BCUT2D eigenvalue weighted by Crippen LogP contribution is 2.16. The van der Waals surface area contributed by atoms with Gasteiger partial charge in [-0.25, -0.2) is 9.98 Å². The van der Waals surface area contributed by atoms with E-state index in [1.54, 1.807) is 0 Å². The number of aryl methyl sites for hydroxylation is 1. The molecule has 0 aliphatic rings. The number of nitrogens with one attached hydrogen (secondary N) is 2. The maximum atomic E-state index is 5.43. The zero-order chi connectivity index (χ0) is 22.1. The van der Waals surface area contributed by atoms with Crippen molar-refractivity contribution in [2.45, 2.75) is 33.4 Å². The van der Waals surface area contributed by atoms with Crippen LogP contribution in [0, 0.1) is 6.92 Å². The van der Waals surface area contributed by atoms with Crippen molar-refractivity contribution in [1.29, 1.82) is 0 Å². The lowest BCUT2D eigenvalue weighted by Crippen LogP contribution is -2.39. The van der Waals surface area contributed by atoms with E-state index in [2.05, 4.69) is 42.5 Å². The van der Waals surface area contributed by atoms with Gasteiger partial charge in [-0.1, -0.05) is 30.3 Å². The zero-order valence-electron chi connectivity index (χ0n) is 18.8. The van der Waals surface area contributed by atoms with E-state index in [1.165, 1.54) is 0 Å². The van der Waals surface area contributed by atoms with E-state index in [-0.39, 0.29) is 0 Å². The summed E-state index contributed by atoms with van der Waals surface area (Å²) in [6.45, 7) is 7.21. The summed E-state index contributed by atoms with van der Waals surface area (Å²) in [7, 11) is 3.95. The molecule has 31 heavy (non-hydrogen) atoms. The van der Waals surface area contributed by atoms with Crippen LogP contribution in [-0.2, 0) is 24.9 Å². The van der Waals surface area contributed by atoms with E-state index in [4.69, 9.17) is 9.73 Å². The molecule has 2 aromatic heterocycles. The molecule has 0 amide bonds. The fraction of sp³-hybridized carbons (Fsp3) is 0.455. The largest absolute Gasteiger partial charge is 0.382 e. The van der Waals surface area contributed by atoms with Crippen LogP contribution in [0.4, 0.5) is 0 Å². The molecule has 3 rings (SSSR count). The molecule has 0 fully saturated rings. The Kier molecular flexibility index (Phi) is 8.17. The molecule has 9 nitrogen and oxygen atoms in total. The summed E-state index contributed by atoms with van der Waals surface area (Å²) in [6.07, 6.45) is 2.77. The Labute approximate surface area is 183 Å². The minimum absolute atomic E-state index is 0.447. The molecule has 1 aromatic carbocycles. The zero-order valence-corrected chi connectivity index (χ0v) is 18.8. The number of aliphatic imine (C=N–C) groups is 1. The average Bonchev–Trinajstić information content (AvgIpc) is 3.38. The van der Waals surface area contributed by atoms with Gasteiger partial charge in [0.15, 0.2) is 11.8 Å². The van der Waals surface area contributed by atoms with Gasteiger partial charge in [-0.3, -0.25) is 0 Å². The third-order valence-electron chi connectivity index (χ3n) is 4.97. The van der Waals surface area contributed by atoms with Gasteiger partial charge in [0.25, 0.3) is 0 Å². The highest BCUT2D eigenvalue weighted by Gasteiger charge is 2.12. The van der Waals surface area contributed by atoms with Gasteiger partial charge in [0.2, 0.25) is 0 Å². The van der Waals surface area contributed by atoms with Gasteiger partial charge in [-0.15, -0.1) is 10.2 Å². The van der Waals surface area contributed by atoms with Crippen molar-refractivity contribution < 1.29 is 4.74 Å². The maximum Gasteiger partial charge on any atom is 0.194 e. The van der Waals surface area contributed by atoms with Crippen molar-refractivity contribution in [2.75, 3.05) is 26.8 Å². The highest BCUT2D eigenvalue weighted by atomic mass is 16.5. The number of nitrogens with zero attached hydrogens (tertiary/aromatic N) is 6. The number of rotatable bonds is 10. The molecule has 0 aliphatic carbocycles. The van der Waals surface area contributed by atoms with Crippen molar-refractivity contribution in [3.63, 3.8) is 0 Å². The summed E-state index contributed by atoms with van der Waals surface area (Å²) < 4.78 is 7.39. The smallest absolute Gasteiger partial charge is 0.194 e. The number of imidazole rings is 1. The summed E-state index contributed by atoms with van der Waals surface area (Å²) >= 11 is 0. The third-order valence-corrected chi connectivity index (χ3v) is 4.97. The molecule has 0 saturated heterocycles. The van der Waals surface area contributed by atoms with Crippen LogP contribution in [-0.4, -0.2) is 62.4 Å². The van der Waals surface area contributed by atoms with Crippen molar-refractivity contribution in [3.8, 4) is 11.3 Å². The average molecular weight is 425 g/mol. The molecule has 3 aromatic rings. The van der Waals surface area contributed by atoms with Crippen LogP contribution >= 0.6 is 0 Å². The first kappa shape index (κ1) is 22.5. The number of guanidine groups is 1. The Bertz CT molecular complexity index is 963. The van der Waals surface area contributed by atoms with Gasteiger partial charge < -0.3 is 24.5 Å². The molecule has 2 N–H and O–H groups in total. The second kappa shape index (κ2) is 11.3. The second-order valence-electron chi connectivity index (χ2n) is 7.31. The van der Waals surface area contributed by atoms with Crippen LogP contribution in [0.5, 0.6) is 0 Å². The Hall–Kier alpha value is -3.20. The Morgan fingerprint density at radius 1 is 1.26 bits per heavy atom. The summed E-state index contributed by atoms with van der Waals surface area (Å²) in [4.78, 5) is 14.8. The van der Waals surface area contributed by atoms with Crippen LogP contribution in [0.15, 0.2) is 41.5 Å². The predicted octanol–water partition coefficient (Wildman–Crippen LogP) is 2.52. The van der Waals surface area contributed by atoms with Gasteiger partial charge in [0, 0.05) is 33.9 Å². The second-order valence-corrected chi connectivity index (χ2v) is 7.31. The molecule has 166 valence electrons. The van der Waals surface area contributed by atoms with Crippen molar-refractivity contribution >= 4 is 5.96 Å². The van der Waals surface area contributed by atoms with Gasteiger partial charge in [0.1, 0.15) is 18.2 Å². The number of hydrogen-bond donors (Lipinski definition) is 2. The Morgan fingerprint density at radius 2 is 2.06 bits per heavy atom. The first-order chi connectivity index (χ1) is 15.1.